The average molecular weight is 129 g/mol. The van der Waals surface area contributed by atoms with Crippen molar-refractivity contribution in [3.05, 3.63) is 6.42 Å². The SMILES string of the molecule is CC[CH]C(O)(CC)CC. The zero-order valence-corrected chi connectivity index (χ0v) is 6.65. The monoisotopic (exact) mass is 129 g/mol. The highest BCUT2D eigenvalue weighted by Gasteiger charge is 2.19. The molecule has 0 saturated carbocycles. The highest BCUT2D eigenvalue weighted by molar-refractivity contribution is 4.89. The van der Waals surface area contributed by atoms with Gasteiger partial charge in [-0.3, -0.25) is 0 Å². The minimum atomic E-state index is -0.491. The minimum Gasteiger partial charge on any atom is -0.390 e. The van der Waals surface area contributed by atoms with Gasteiger partial charge in [-0.15, -0.1) is 0 Å². The van der Waals surface area contributed by atoms with E-state index in [1.54, 1.807) is 0 Å². The molecule has 0 atom stereocenters. The summed E-state index contributed by atoms with van der Waals surface area (Å²) in [5, 5.41) is 9.57. The Morgan fingerprint density at radius 3 is 1.78 bits per heavy atom. The third-order valence-electron chi connectivity index (χ3n) is 1.81. The molecule has 0 aromatic carbocycles. The van der Waals surface area contributed by atoms with E-state index >= 15 is 0 Å². The van der Waals surface area contributed by atoms with Gasteiger partial charge in [-0.25, -0.2) is 0 Å². The van der Waals surface area contributed by atoms with Crippen LogP contribution in [0.4, 0.5) is 0 Å². The first-order chi connectivity index (χ1) is 4.18. The molecule has 0 fully saturated rings. The van der Waals surface area contributed by atoms with Crippen molar-refractivity contribution in [2.45, 2.75) is 45.6 Å². The van der Waals surface area contributed by atoms with Gasteiger partial charge in [0.15, 0.2) is 0 Å². The summed E-state index contributed by atoms with van der Waals surface area (Å²) in [4.78, 5) is 0. The van der Waals surface area contributed by atoms with Crippen molar-refractivity contribution >= 4 is 0 Å². The summed E-state index contributed by atoms with van der Waals surface area (Å²) in [6, 6.07) is 0. The van der Waals surface area contributed by atoms with Crippen LogP contribution >= 0.6 is 0 Å². The Hall–Kier alpha value is -0.0400. The Bertz CT molecular complexity index is 65.0. The van der Waals surface area contributed by atoms with Crippen LogP contribution in [-0.4, -0.2) is 10.7 Å². The van der Waals surface area contributed by atoms with Crippen LogP contribution in [-0.2, 0) is 0 Å². The van der Waals surface area contributed by atoms with Crippen LogP contribution in [0.1, 0.15) is 40.0 Å². The Balaban J connectivity index is 3.62. The zero-order valence-electron chi connectivity index (χ0n) is 6.65. The van der Waals surface area contributed by atoms with Gasteiger partial charge >= 0.3 is 0 Å². The van der Waals surface area contributed by atoms with Crippen LogP contribution < -0.4 is 0 Å². The summed E-state index contributed by atoms with van der Waals surface area (Å²) < 4.78 is 0. The van der Waals surface area contributed by atoms with Crippen LogP contribution in [0.5, 0.6) is 0 Å². The third kappa shape index (κ3) is 2.85. The normalized spacial score (nSPS) is 12.0. The maximum absolute atomic E-state index is 9.57. The van der Waals surface area contributed by atoms with Crippen LogP contribution in [0, 0.1) is 6.42 Å². The summed E-state index contributed by atoms with van der Waals surface area (Å²) in [7, 11) is 0. The number of hydrogen-bond donors (Lipinski definition) is 1. The molecule has 0 amide bonds. The summed E-state index contributed by atoms with van der Waals surface area (Å²) in [5.74, 6) is 0. The lowest BCUT2D eigenvalue weighted by Crippen LogP contribution is -2.26. The lowest BCUT2D eigenvalue weighted by molar-refractivity contribution is 0.0630. The fourth-order valence-electron chi connectivity index (χ4n) is 0.919. The first kappa shape index (κ1) is 8.96. The third-order valence-corrected chi connectivity index (χ3v) is 1.81. The van der Waals surface area contributed by atoms with E-state index in [1.807, 2.05) is 20.3 Å². The van der Waals surface area contributed by atoms with E-state index < -0.39 is 5.60 Å². The molecule has 0 bridgehead atoms. The molecule has 1 N–H and O–H groups in total. The Morgan fingerprint density at radius 1 is 1.22 bits per heavy atom. The lowest BCUT2D eigenvalue weighted by Gasteiger charge is -2.23. The quantitative estimate of drug-likeness (QED) is 0.616. The van der Waals surface area contributed by atoms with E-state index in [9.17, 15) is 5.11 Å². The maximum atomic E-state index is 9.57. The molecule has 0 aromatic rings. The smallest absolute Gasteiger partial charge is 0.0674 e. The fraction of sp³-hybridized carbons (Fsp3) is 0.875. The molecule has 0 heterocycles. The van der Waals surface area contributed by atoms with Gasteiger partial charge in [0.2, 0.25) is 0 Å². The molecule has 0 unspecified atom stereocenters. The summed E-state index contributed by atoms with van der Waals surface area (Å²) in [5.41, 5.74) is -0.491. The van der Waals surface area contributed by atoms with Crippen LogP contribution in [0.3, 0.4) is 0 Å². The van der Waals surface area contributed by atoms with Gasteiger partial charge in [0.25, 0.3) is 0 Å². The fourth-order valence-corrected chi connectivity index (χ4v) is 0.919. The molecule has 0 aliphatic heterocycles. The number of rotatable bonds is 4. The van der Waals surface area contributed by atoms with Gasteiger partial charge in [-0.1, -0.05) is 27.2 Å². The second-order valence-electron chi connectivity index (χ2n) is 2.42. The molecule has 0 aliphatic rings. The van der Waals surface area contributed by atoms with Gasteiger partial charge in [-0.05, 0) is 19.3 Å². The van der Waals surface area contributed by atoms with E-state index in [2.05, 4.69) is 6.92 Å². The predicted octanol–water partition coefficient (Wildman–Crippen LogP) is 2.15. The number of hydrogen-bond acceptors (Lipinski definition) is 1. The molecule has 0 saturated heterocycles. The molecular formula is C8H17O. The number of aliphatic hydroxyl groups is 1. The highest BCUT2D eigenvalue weighted by Crippen LogP contribution is 2.19. The Kier molecular flexibility index (Phi) is 3.87. The maximum Gasteiger partial charge on any atom is 0.0674 e. The molecule has 1 radical (unpaired) electrons. The first-order valence-electron chi connectivity index (χ1n) is 3.75. The minimum absolute atomic E-state index is 0.491. The van der Waals surface area contributed by atoms with Crippen molar-refractivity contribution in [1.29, 1.82) is 0 Å². The largest absolute Gasteiger partial charge is 0.390 e. The summed E-state index contributed by atoms with van der Waals surface area (Å²) in [6.07, 6.45) is 4.60. The average Bonchev–Trinajstić information content (AvgIpc) is 1.89. The van der Waals surface area contributed by atoms with Gasteiger partial charge in [0.05, 0.1) is 5.60 Å². The first-order valence-corrected chi connectivity index (χ1v) is 3.75. The van der Waals surface area contributed by atoms with Crippen molar-refractivity contribution in [2.75, 3.05) is 0 Å². The zero-order chi connectivity index (χ0) is 7.33. The highest BCUT2D eigenvalue weighted by atomic mass is 16.3. The van der Waals surface area contributed by atoms with Crippen LogP contribution in [0.15, 0.2) is 0 Å². The standard InChI is InChI=1S/C8H17O/c1-4-7-8(9,5-2)6-3/h7,9H,4-6H2,1-3H3. The van der Waals surface area contributed by atoms with Gasteiger partial charge in [0.1, 0.15) is 0 Å². The van der Waals surface area contributed by atoms with Crippen LogP contribution in [0.25, 0.3) is 0 Å². The molecule has 1 heteroatoms. The topological polar surface area (TPSA) is 20.2 Å². The van der Waals surface area contributed by atoms with E-state index in [1.165, 1.54) is 0 Å². The van der Waals surface area contributed by atoms with E-state index in [0.29, 0.717) is 0 Å². The molecule has 0 rings (SSSR count). The van der Waals surface area contributed by atoms with E-state index in [-0.39, 0.29) is 0 Å². The molecular weight excluding hydrogens is 112 g/mol. The molecule has 55 valence electrons. The van der Waals surface area contributed by atoms with Crippen LogP contribution in [0.2, 0.25) is 0 Å². The van der Waals surface area contributed by atoms with Gasteiger partial charge in [0, 0.05) is 0 Å². The van der Waals surface area contributed by atoms with Gasteiger partial charge in [-0.2, -0.15) is 0 Å². The Morgan fingerprint density at radius 2 is 1.67 bits per heavy atom. The Labute approximate surface area is 58.1 Å². The molecule has 0 aromatic heterocycles. The molecule has 1 nitrogen and oxygen atoms in total. The second kappa shape index (κ2) is 3.89. The summed E-state index contributed by atoms with van der Waals surface area (Å²) in [6.45, 7) is 6.07. The van der Waals surface area contributed by atoms with E-state index in [0.717, 1.165) is 19.3 Å². The molecule has 0 aliphatic carbocycles. The summed E-state index contributed by atoms with van der Waals surface area (Å²) >= 11 is 0. The van der Waals surface area contributed by atoms with Crippen molar-refractivity contribution in [3.63, 3.8) is 0 Å². The molecule has 9 heavy (non-hydrogen) atoms. The van der Waals surface area contributed by atoms with Crippen molar-refractivity contribution in [3.8, 4) is 0 Å². The van der Waals surface area contributed by atoms with Gasteiger partial charge < -0.3 is 5.11 Å². The molecule has 0 spiro atoms. The van der Waals surface area contributed by atoms with Crippen molar-refractivity contribution < 1.29 is 5.11 Å². The lowest BCUT2D eigenvalue weighted by atomic mass is 9.92. The second-order valence-corrected chi connectivity index (χ2v) is 2.42. The van der Waals surface area contributed by atoms with Crippen molar-refractivity contribution in [2.24, 2.45) is 0 Å². The van der Waals surface area contributed by atoms with E-state index in [4.69, 9.17) is 0 Å². The predicted molar refractivity (Wildman–Crippen MR) is 40.1 cm³/mol. The van der Waals surface area contributed by atoms with Crippen molar-refractivity contribution in [1.82, 2.24) is 0 Å².